The molecule has 1 N–H and O–H groups in total. The Balaban J connectivity index is 3.35. The molecule has 0 heterocycles. The molecule has 0 radical (unpaired) electrons. The van der Waals surface area contributed by atoms with Gasteiger partial charge in [0, 0.05) is 0 Å². The molecule has 0 saturated heterocycles. The Bertz CT molecular complexity index is 72.1. The average Bonchev–Trinajstić information content (AvgIpc) is 1.65. The van der Waals surface area contributed by atoms with Crippen molar-refractivity contribution < 1.29 is 4.79 Å². The molecule has 0 aliphatic heterocycles. The summed E-state index contributed by atoms with van der Waals surface area (Å²) >= 11 is -1.16. The van der Waals surface area contributed by atoms with E-state index < -0.39 is 19.8 Å². The van der Waals surface area contributed by atoms with E-state index in [0.29, 0.717) is 0 Å². The predicted octanol–water partition coefficient (Wildman–Crippen LogP) is 1.09. The molecule has 3 heteroatoms. The summed E-state index contributed by atoms with van der Waals surface area (Å²) in [4.78, 5) is 14.5. The number of alkyl halides is 2. The number of carbonyl (C=O) groups excluding carboxylic acids is 1. The van der Waals surface area contributed by atoms with Gasteiger partial charge in [-0.25, -0.2) is 0 Å². The number of carbonyl (C=O) groups is 1. The fourth-order valence-electron chi connectivity index (χ4n) is 0.189. The first kappa shape index (κ1) is 7.20. The van der Waals surface area contributed by atoms with Crippen molar-refractivity contribution in [3.05, 3.63) is 0 Å². The van der Waals surface area contributed by atoms with E-state index in [1.807, 2.05) is 9.86 Å². The van der Waals surface area contributed by atoms with Crippen molar-refractivity contribution in [1.29, 1.82) is 0 Å². The summed E-state index contributed by atoms with van der Waals surface area (Å²) < 4.78 is 0.254. The molecule has 0 aromatic carbocycles. The van der Waals surface area contributed by atoms with Gasteiger partial charge in [-0.1, -0.05) is 0 Å². The van der Waals surface area contributed by atoms with E-state index in [9.17, 15) is 4.79 Å². The molecule has 0 spiro atoms. The van der Waals surface area contributed by atoms with Crippen LogP contribution in [0.25, 0.3) is 0 Å². The van der Waals surface area contributed by atoms with Gasteiger partial charge < -0.3 is 0 Å². The molecule has 0 atom stereocenters. The van der Waals surface area contributed by atoms with Crippen molar-refractivity contribution in [2.45, 2.75) is 0 Å². The first-order valence-electron chi connectivity index (χ1n) is 1.90. The Morgan fingerprint density at radius 3 is 2.00 bits per heavy atom. The topological polar surface area (TPSA) is 29.1 Å². The van der Waals surface area contributed by atoms with Crippen molar-refractivity contribution in [2.75, 3.05) is 16.9 Å². The summed E-state index contributed by atoms with van der Waals surface area (Å²) in [5.41, 5.74) is 0. The fraction of sp³-hybridized carbons (Fsp3) is 0.750. The molecule has 7 heavy (non-hydrogen) atoms. The van der Waals surface area contributed by atoms with Crippen molar-refractivity contribution in [2.24, 2.45) is 0 Å². The predicted molar refractivity (Wildman–Crippen MR) is 40.3 cm³/mol. The third-order valence-corrected chi connectivity index (χ3v) is 3.04. The average molecular weight is 215 g/mol. The molecule has 0 aromatic rings. The SMILES string of the molecule is CNC(=O)I(C)C. The van der Waals surface area contributed by atoms with Crippen LogP contribution in [0.15, 0.2) is 0 Å². The van der Waals surface area contributed by atoms with Crippen LogP contribution >= 0.6 is 19.8 Å². The van der Waals surface area contributed by atoms with Crippen LogP contribution in [0.3, 0.4) is 0 Å². The zero-order chi connectivity index (χ0) is 5.86. The maximum atomic E-state index is 10.5. The molecule has 2 nitrogen and oxygen atoms in total. The van der Waals surface area contributed by atoms with Crippen LogP contribution < -0.4 is 5.32 Å². The summed E-state index contributed by atoms with van der Waals surface area (Å²) in [6, 6.07) is 0. The zero-order valence-corrected chi connectivity index (χ0v) is 6.94. The van der Waals surface area contributed by atoms with Crippen LogP contribution in [0.2, 0.25) is 0 Å². The molecule has 0 saturated carbocycles. The van der Waals surface area contributed by atoms with Crippen LogP contribution in [-0.2, 0) is 0 Å². The minimum atomic E-state index is -1.16. The van der Waals surface area contributed by atoms with E-state index in [0.717, 1.165) is 0 Å². The monoisotopic (exact) mass is 215 g/mol. The fourth-order valence-corrected chi connectivity index (χ4v) is 1.27. The minimum absolute atomic E-state index is 0.254. The zero-order valence-electron chi connectivity index (χ0n) is 4.79. The number of amides is 1. The van der Waals surface area contributed by atoms with Crippen molar-refractivity contribution in [3.8, 4) is 0 Å². The van der Waals surface area contributed by atoms with E-state index >= 15 is 0 Å². The third kappa shape index (κ3) is 2.85. The maximum absolute atomic E-state index is 10.5. The van der Waals surface area contributed by atoms with Gasteiger partial charge in [0.15, 0.2) is 0 Å². The standard InChI is InChI=1S/C4H10INO/c1-5(2)4(7)6-3/h1-3H3,(H,6,7). The molecule has 0 aliphatic rings. The second kappa shape index (κ2) is 3.23. The quantitative estimate of drug-likeness (QED) is 0.301. The molecule has 0 fully saturated rings. The molecule has 1 amide bonds. The van der Waals surface area contributed by atoms with Crippen LogP contribution in [0.4, 0.5) is 4.79 Å². The molecule has 0 aromatic heterocycles. The Morgan fingerprint density at radius 2 is 2.00 bits per heavy atom. The summed E-state index contributed by atoms with van der Waals surface area (Å²) in [6.45, 7) is 0. The Hall–Kier alpha value is 0.200. The Morgan fingerprint density at radius 1 is 1.57 bits per heavy atom. The first-order valence-corrected chi connectivity index (χ1v) is 7.29. The Labute approximate surface area is 51.1 Å². The van der Waals surface area contributed by atoms with Crippen LogP contribution in [0.5, 0.6) is 0 Å². The van der Waals surface area contributed by atoms with Gasteiger partial charge in [0.1, 0.15) is 0 Å². The van der Waals surface area contributed by atoms with Gasteiger partial charge in [0.2, 0.25) is 0 Å². The van der Waals surface area contributed by atoms with Gasteiger partial charge in [0.25, 0.3) is 0 Å². The number of hydrogen-bond donors (Lipinski definition) is 1. The van der Waals surface area contributed by atoms with Crippen molar-refractivity contribution >= 4 is 23.7 Å². The van der Waals surface area contributed by atoms with Gasteiger partial charge in [-0.05, 0) is 0 Å². The van der Waals surface area contributed by atoms with E-state index in [-0.39, 0.29) is 3.91 Å². The first-order chi connectivity index (χ1) is 3.18. The second-order valence-corrected chi connectivity index (χ2v) is 6.57. The normalized spacial score (nSPS) is 10.4. The van der Waals surface area contributed by atoms with E-state index in [1.165, 1.54) is 0 Å². The van der Waals surface area contributed by atoms with E-state index in [4.69, 9.17) is 0 Å². The molecular weight excluding hydrogens is 205 g/mol. The summed E-state index contributed by atoms with van der Waals surface area (Å²) in [6.07, 6.45) is 0. The summed E-state index contributed by atoms with van der Waals surface area (Å²) in [5.74, 6) is 0. The van der Waals surface area contributed by atoms with Crippen molar-refractivity contribution in [3.63, 3.8) is 0 Å². The van der Waals surface area contributed by atoms with E-state index in [1.54, 1.807) is 7.05 Å². The molecule has 0 bridgehead atoms. The molecule has 44 valence electrons. The third-order valence-electron chi connectivity index (χ3n) is 0.540. The summed E-state index contributed by atoms with van der Waals surface area (Å²) in [5, 5.41) is 2.60. The Kier molecular flexibility index (Phi) is 3.33. The van der Waals surface area contributed by atoms with Crippen molar-refractivity contribution in [1.82, 2.24) is 5.32 Å². The van der Waals surface area contributed by atoms with Gasteiger partial charge in [-0.2, -0.15) is 0 Å². The number of hydrogen-bond acceptors (Lipinski definition) is 1. The number of nitrogens with one attached hydrogen (secondary N) is 1. The molecule has 0 aliphatic carbocycles. The number of rotatable bonds is 1. The second-order valence-electron chi connectivity index (χ2n) is 1.28. The van der Waals surface area contributed by atoms with Crippen LogP contribution in [0, 0.1) is 0 Å². The van der Waals surface area contributed by atoms with E-state index in [2.05, 4.69) is 5.32 Å². The van der Waals surface area contributed by atoms with Gasteiger partial charge in [-0.15, -0.1) is 0 Å². The molecular formula is C4H10INO. The summed E-state index contributed by atoms with van der Waals surface area (Å²) in [7, 11) is 1.68. The van der Waals surface area contributed by atoms with Crippen LogP contribution in [-0.4, -0.2) is 20.8 Å². The molecule has 0 unspecified atom stereocenters. The molecule has 0 rings (SSSR count). The van der Waals surface area contributed by atoms with Gasteiger partial charge in [-0.3, -0.25) is 0 Å². The van der Waals surface area contributed by atoms with Crippen LogP contribution in [0.1, 0.15) is 0 Å². The number of halogens is 1. The van der Waals surface area contributed by atoms with Gasteiger partial charge in [0.05, 0.1) is 0 Å². The van der Waals surface area contributed by atoms with Gasteiger partial charge >= 0.3 is 50.8 Å².